The van der Waals surface area contributed by atoms with E-state index < -0.39 is 0 Å². The molecule has 3 aromatic rings. The molecule has 1 aromatic carbocycles. The summed E-state index contributed by atoms with van der Waals surface area (Å²) in [6, 6.07) is 12.0. The first kappa shape index (κ1) is 12.6. The summed E-state index contributed by atoms with van der Waals surface area (Å²) in [7, 11) is 0. The molecule has 0 saturated heterocycles. The van der Waals surface area contributed by atoms with Gasteiger partial charge in [0.1, 0.15) is 0 Å². The molecular weight excluding hydrogens is 254 g/mol. The van der Waals surface area contributed by atoms with Crippen LogP contribution in [0.5, 0.6) is 0 Å². The third kappa shape index (κ3) is 3.33. The van der Waals surface area contributed by atoms with Crippen LogP contribution < -0.4 is 5.32 Å². The van der Waals surface area contributed by atoms with Crippen LogP contribution in [0.15, 0.2) is 57.9 Å². The van der Waals surface area contributed by atoms with Gasteiger partial charge in [0.25, 0.3) is 0 Å². The van der Waals surface area contributed by atoms with E-state index in [0.717, 1.165) is 5.56 Å². The zero-order valence-electron chi connectivity index (χ0n) is 11.0. The minimum Gasteiger partial charge on any atom is -0.472 e. The maximum Gasteiger partial charge on any atom is 0.240 e. The van der Waals surface area contributed by atoms with Gasteiger partial charge in [-0.25, -0.2) is 0 Å². The van der Waals surface area contributed by atoms with E-state index in [1.807, 2.05) is 36.4 Å². The summed E-state index contributed by atoms with van der Waals surface area (Å²) in [5, 5.41) is 7.21. The highest BCUT2D eigenvalue weighted by molar-refractivity contribution is 5.18. The number of furan rings is 1. The van der Waals surface area contributed by atoms with E-state index in [-0.39, 0.29) is 0 Å². The summed E-state index contributed by atoms with van der Waals surface area (Å²) < 4.78 is 10.2. The van der Waals surface area contributed by atoms with Crippen molar-refractivity contribution in [3.05, 3.63) is 71.8 Å². The van der Waals surface area contributed by atoms with Gasteiger partial charge >= 0.3 is 0 Å². The van der Waals surface area contributed by atoms with Crippen molar-refractivity contribution in [2.24, 2.45) is 0 Å². The molecule has 0 spiro atoms. The Morgan fingerprint density at radius 1 is 1.00 bits per heavy atom. The van der Waals surface area contributed by atoms with E-state index in [1.54, 1.807) is 12.5 Å². The van der Waals surface area contributed by atoms with Gasteiger partial charge in [-0.3, -0.25) is 0 Å². The van der Waals surface area contributed by atoms with Crippen LogP contribution in [0.1, 0.15) is 22.8 Å². The lowest BCUT2D eigenvalue weighted by Gasteiger charge is -1.97. The van der Waals surface area contributed by atoms with Gasteiger partial charge in [-0.2, -0.15) is 4.98 Å². The highest BCUT2D eigenvalue weighted by Gasteiger charge is 2.06. The summed E-state index contributed by atoms with van der Waals surface area (Å²) in [5.41, 5.74) is 2.26. The first-order valence-corrected chi connectivity index (χ1v) is 6.47. The molecule has 20 heavy (non-hydrogen) atoms. The maximum absolute atomic E-state index is 5.21. The van der Waals surface area contributed by atoms with Crippen molar-refractivity contribution in [3.8, 4) is 0 Å². The Balaban J connectivity index is 1.52. The van der Waals surface area contributed by atoms with E-state index >= 15 is 0 Å². The lowest BCUT2D eigenvalue weighted by Crippen LogP contribution is -2.12. The predicted molar refractivity (Wildman–Crippen MR) is 72.8 cm³/mol. The van der Waals surface area contributed by atoms with Gasteiger partial charge in [0, 0.05) is 18.5 Å². The van der Waals surface area contributed by atoms with Gasteiger partial charge in [-0.05, 0) is 11.6 Å². The van der Waals surface area contributed by atoms with Crippen LogP contribution in [0.2, 0.25) is 0 Å². The van der Waals surface area contributed by atoms with E-state index in [9.17, 15) is 0 Å². The molecule has 0 aliphatic rings. The van der Waals surface area contributed by atoms with Gasteiger partial charge in [0.2, 0.25) is 5.89 Å². The minimum atomic E-state index is 0.549. The maximum atomic E-state index is 5.21. The Morgan fingerprint density at radius 3 is 2.70 bits per heavy atom. The van der Waals surface area contributed by atoms with Crippen molar-refractivity contribution in [2.45, 2.75) is 19.5 Å². The van der Waals surface area contributed by atoms with Crippen LogP contribution >= 0.6 is 0 Å². The molecule has 2 aromatic heterocycles. The van der Waals surface area contributed by atoms with Crippen LogP contribution in [-0.4, -0.2) is 10.1 Å². The van der Waals surface area contributed by atoms with E-state index in [4.69, 9.17) is 8.94 Å². The molecule has 0 bridgehead atoms. The fourth-order valence-electron chi connectivity index (χ4n) is 1.92. The molecule has 0 saturated carbocycles. The Labute approximate surface area is 116 Å². The van der Waals surface area contributed by atoms with Gasteiger partial charge in [-0.1, -0.05) is 35.5 Å². The Kier molecular flexibility index (Phi) is 3.89. The van der Waals surface area contributed by atoms with E-state index in [1.165, 1.54) is 5.56 Å². The average molecular weight is 269 g/mol. The molecule has 1 N–H and O–H groups in total. The second-order valence-corrected chi connectivity index (χ2v) is 4.50. The van der Waals surface area contributed by atoms with Gasteiger partial charge in [0.05, 0.1) is 19.1 Å². The summed E-state index contributed by atoms with van der Waals surface area (Å²) in [6.45, 7) is 1.26. The first-order valence-electron chi connectivity index (χ1n) is 6.47. The second kappa shape index (κ2) is 6.16. The largest absolute Gasteiger partial charge is 0.472 e. The van der Waals surface area contributed by atoms with Crippen molar-refractivity contribution in [1.82, 2.24) is 15.5 Å². The lowest BCUT2D eigenvalue weighted by atomic mass is 10.1. The molecule has 3 rings (SSSR count). The normalized spacial score (nSPS) is 10.8. The number of benzene rings is 1. The highest BCUT2D eigenvalue weighted by atomic mass is 16.5. The second-order valence-electron chi connectivity index (χ2n) is 4.50. The molecular formula is C15H15N3O2. The van der Waals surface area contributed by atoms with Crippen LogP contribution in [0.4, 0.5) is 0 Å². The summed E-state index contributed by atoms with van der Waals surface area (Å²) in [4.78, 5) is 4.36. The molecule has 0 fully saturated rings. The van der Waals surface area contributed by atoms with E-state index in [0.29, 0.717) is 31.2 Å². The zero-order valence-corrected chi connectivity index (χ0v) is 11.0. The lowest BCUT2D eigenvalue weighted by molar-refractivity contribution is 0.363. The van der Waals surface area contributed by atoms with E-state index in [2.05, 4.69) is 15.5 Å². The van der Waals surface area contributed by atoms with Crippen molar-refractivity contribution in [2.75, 3.05) is 0 Å². The monoisotopic (exact) mass is 269 g/mol. The Hall–Kier alpha value is -2.40. The van der Waals surface area contributed by atoms with Crippen molar-refractivity contribution in [1.29, 1.82) is 0 Å². The molecule has 5 heteroatoms. The molecule has 0 amide bonds. The number of aromatic nitrogens is 2. The van der Waals surface area contributed by atoms with Gasteiger partial charge < -0.3 is 14.3 Å². The number of hydrogen-bond donors (Lipinski definition) is 1. The number of nitrogens with one attached hydrogen (secondary N) is 1. The fraction of sp³-hybridized carbons (Fsp3) is 0.200. The molecule has 0 atom stereocenters. The van der Waals surface area contributed by atoms with Gasteiger partial charge in [-0.15, -0.1) is 0 Å². The van der Waals surface area contributed by atoms with Crippen LogP contribution in [0.3, 0.4) is 0 Å². The number of nitrogens with zero attached hydrogens (tertiary/aromatic N) is 2. The molecule has 5 nitrogen and oxygen atoms in total. The van der Waals surface area contributed by atoms with Crippen LogP contribution in [0.25, 0.3) is 0 Å². The standard InChI is InChI=1S/C15H15N3O2/c1-2-4-12(5-3-1)8-14-17-15(20-18-14)10-16-9-13-6-7-19-11-13/h1-7,11,16H,8-10H2. The number of hydrogen-bond acceptors (Lipinski definition) is 5. The van der Waals surface area contributed by atoms with Crippen molar-refractivity contribution >= 4 is 0 Å². The third-order valence-corrected chi connectivity index (χ3v) is 2.90. The quantitative estimate of drug-likeness (QED) is 0.745. The summed E-state index contributed by atoms with van der Waals surface area (Å²) >= 11 is 0. The number of rotatable bonds is 6. The fourth-order valence-corrected chi connectivity index (χ4v) is 1.92. The smallest absolute Gasteiger partial charge is 0.240 e. The molecule has 0 unspecified atom stereocenters. The summed E-state index contributed by atoms with van der Waals surface area (Å²) in [6.07, 6.45) is 4.05. The third-order valence-electron chi connectivity index (χ3n) is 2.90. The average Bonchev–Trinajstić information content (AvgIpc) is 3.12. The zero-order chi connectivity index (χ0) is 13.6. The molecule has 102 valence electrons. The van der Waals surface area contributed by atoms with Gasteiger partial charge in [0.15, 0.2) is 5.82 Å². The van der Waals surface area contributed by atoms with Crippen molar-refractivity contribution < 1.29 is 8.94 Å². The minimum absolute atomic E-state index is 0.549. The molecule has 2 heterocycles. The van der Waals surface area contributed by atoms with Crippen LogP contribution in [-0.2, 0) is 19.5 Å². The van der Waals surface area contributed by atoms with Crippen molar-refractivity contribution in [3.63, 3.8) is 0 Å². The predicted octanol–water partition coefficient (Wildman–Crippen LogP) is 2.54. The molecule has 0 aliphatic heterocycles. The first-order chi connectivity index (χ1) is 9.90. The summed E-state index contributed by atoms with van der Waals surface area (Å²) in [5.74, 6) is 1.30. The Bertz CT molecular complexity index is 632. The topological polar surface area (TPSA) is 64.1 Å². The highest BCUT2D eigenvalue weighted by Crippen LogP contribution is 2.06. The molecule has 0 radical (unpaired) electrons. The Morgan fingerprint density at radius 2 is 1.90 bits per heavy atom. The molecule has 0 aliphatic carbocycles. The SMILES string of the molecule is c1ccc(Cc2noc(CNCc3ccoc3)n2)cc1. The van der Waals surface area contributed by atoms with Crippen LogP contribution in [0, 0.1) is 0 Å².